The van der Waals surface area contributed by atoms with E-state index in [2.05, 4.69) is 0 Å². The fourth-order valence-corrected chi connectivity index (χ4v) is 3.48. The molecule has 0 amide bonds. The van der Waals surface area contributed by atoms with Crippen LogP contribution in [0.3, 0.4) is 0 Å². The Morgan fingerprint density at radius 3 is 2.29 bits per heavy atom. The van der Waals surface area contributed by atoms with Crippen LogP contribution in [-0.4, -0.2) is 24.5 Å². The minimum absolute atomic E-state index is 0.0639. The van der Waals surface area contributed by atoms with Crippen LogP contribution in [0.25, 0.3) is 0 Å². The van der Waals surface area contributed by atoms with E-state index in [0.29, 0.717) is 12.0 Å². The van der Waals surface area contributed by atoms with E-state index in [0.717, 1.165) is 5.56 Å². The summed E-state index contributed by atoms with van der Waals surface area (Å²) >= 11 is 0. The van der Waals surface area contributed by atoms with Crippen LogP contribution in [0.2, 0.25) is 0 Å². The van der Waals surface area contributed by atoms with Crippen LogP contribution in [0.1, 0.15) is 37.5 Å². The molecule has 0 bridgehead atoms. The highest BCUT2D eigenvalue weighted by Gasteiger charge is 2.30. The van der Waals surface area contributed by atoms with Crippen molar-refractivity contribution in [3.63, 3.8) is 0 Å². The zero-order valence-electron chi connectivity index (χ0n) is 10.6. The first kappa shape index (κ1) is 14.2. The number of rotatable bonds is 5. The molecule has 0 heterocycles. The quantitative estimate of drug-likeness (QED) is 0.879. The van der Waals surface area contributed by atoms with Crippen LogP contribution in [-0.2, 0) is 9.84 Å². The SMILES string of the molecule is CC[C@H]([C@@H](O)c1ccccc1C)S(=O)(=O)CC. The second kappa shape index (κ2) is 5.65. The predicted octanol–water partition coefficient (Wildman–Crippen LogP) is 2.24. The van der Waals surface area contributed by atoms with E-state index >= 15 is 0 Å². The van der Waals surface area contributed by atoms with Gasteiger partial charge in [0.05, 0.1) is 11.4 Å². The van der Waals surface area contributed by atoms with Gasteiger partial charge in [0, 0.05) is 5.75 Å². The van der Waals surface area contributed by atoms with E-state index in [1.165, 1.54) is 0 Å². The largest absolute Gasteiger partial charge is 0.387 e. The van der Waals surface area contributed by atoms with Gasteiger partial charge in [0.2, 0.25) is 0 Å². The minimum atomic E-state index is -3.22. The number of aliphatic hydroxyl groups excluding tert-OH is 1. The highest BCUT2D eigenvalue weighted by atomic mass is 32.2. The van der Waals surface area contributed by atoms with Crippen molar-refractivity contribution in [3.8, 4) is 0 Å². The van der Waals surface area contributed by atoms with E-state index in [1.54, 1.807) is 19.9 Å². The van der Waals surface area contributed by atoms with Crippen molar-refractivity contribution in [1.29, 1.82) is 0 Å². The lowest BCUT2D eigenvalue weighted by atomic mass is 10.00. The van der Waals surface area contributed by atoms with Crippen LogP contribution < -0.4 is 0 Å². The molecule has 0 spiro atoms. The van der Waals surface area contributed by atoms with Gasteiger partial charge in [-0.1, -0.05) is 38.1 Å². The van der Waals surface area contributed by atoms with Crippen molar-refractivity contribution >= 4 is 9.84 Å². The lowest BCUT2D eigenvalue weighted by Gasteiger charge is -2.22. The number of hydrogen-bond donors (Lipinski definition) is 1. The van der Waals surface area contributed by atoms with Crippen molar-refractivity contribution in [2.75, 3.05) is 5.75 Å². The highest BCUT2D eigenvalue weighted by Crippen LogP contribution is 2.27. The zero-order valence-corrected chi connectivity index (χ0v) is 11.4. The molecule has 0 fully saturated rings. The van der Waals surface area contributed by atoms with Gasteiger partial charge in [0.25, 0.3) is 0 Å². The summed E-state index contributed by atoms with van der Waals surface area (Å²) in [4.78, 5) is 0. The van der Waals surface area contributed by atoms with Crippen LogP contribution in [0.4, 0.5) is 0 Å². The van der Waals surface area contributed by atoms with Crippen molar-refractivity contribution in [3.05, 3.63) is 35.4 Å². The van der Waals surface area contributed by atoms with Gasteiger partial charge in [-0.15, -0.1) is 0 Å². The van der Waals surface area contributed by atoms with E-state index in [1.807, 2.05) is 25.1 Å². The van der Waals surface area contributed by atoms with E-state index in [4.69, 9.17) is 0 Å². The first-order valence-electron chi connectivity index (χ1n) is 5.89. The van der Waals surface area contributed by atoms with Crippen LogP contribution in [0.15, 0.2) is 24.3 Å². The monoisotopic (exact) mass is 256 g/mol. The zero-order chi connectivity index (χ0) is 13.1. The summed E-state index contributed by atoms with van der Waals surface area (Å²) in [6.07, 6.45) is -0.516. The smallest absolute Gasteiger partial charge is 0.155 e. The van der Waals surface area contributed by atoms with Gasteiger partial charge in [-0.2, -0.15) is 0 Å². The second-order valence-corrected chi connectivity index (χ2v) is 6.71. The number of benzene rings is 1. The van der Waals surface area contributed by atoms with Crippen molar-refractivity contribution in [2.45, 2.75) is 38.5 Å². The van der Waals surface area contributed by atoms with Crippen molar-refractivity contribution < 1.29 is 13.5 Å². The van der Waals surface area contributed by atoms with Gasteiger partial charge in [-0.25, -0.2) is 8.42 Å². The molecule has 3 nitrogen and oxygen atoms in total. The molecule has 1 N–H and O–H groups in total. The molecule has 1 aromatic carbocycles. The van der Waals surface area contributed by atoms with Gasteiger partial charge in [-0.05, 0) is 24.5 Å². The summed E-state index contributed by atoms with van der Waals surface area (Å²) in [7, 11) is -3.22. The van der Waals surface area contributed by atoms with Crippen LogP contribution >= 0.6 is 0 Å². The van der Waals surface area contributed by atoms with Crippen molar-refractivity contribution in [2.24, 2.45) is 0 Å². The molecule has 1 rings (SSSR count). The third kappa shape index (κ3) is 3.07. The molecule has 0 aromatic heterocycles. The lowest BCUT2D eigenvalue weighted by Crippen LogP contribution is -2.29. The summed E-state index contributed by atoms with van der Waals surface area (Å²) in [5.41, 5.74) is 1.63. The Morgan fingerprint density at radius 2 is 1.82 bits per heavy atom. The molecular weight excluding hydrogens is 236 g/mol. The molecule has 0 saturated heterocycles. The summed E-state index contributed by atoms with van der Waals surface area (Å²) in [6.45, 7) is 5.28. The van der Waals surface area contributed by atoms with Crippen molar-refractivity contribution in [1.82, 2.24) is 0 Å². The molecule has 1 aromatic rings. The fraction of sp³-hybridized carbons (Fsp3) is 0.538. The maximum atomic E-state index is 11.9. The fourth-order valence-electron chi connectivity index (χ4n) is 2.01. The molecule has 17 heavy (non-hydrogen) atoms. The Bertz CT molecular complexity index is 465. The molecule has 0 radical (unpaired) electrons. The Kier molecular flexibility index (Phi) is 4.71. The summed E-state index contributed by atoms with van der Waals surface area (Å²) in [5, 5.41) is 9.53. The molecule has 4 heteroatoms. The van der Waals surface area contributed by atoms with Crippen LogP contribution in [0.5, 0.6) is 0 Å². The first-order chi connectivity index (χ1) is 7.94. The summed E-state index contributed by atoms with van der Waals surface area (Å²) in [6, 6.07) is 7.36. The molecule has 0 saturated carbocycles. The normalized spacial score (nSPS) is 15.5. The van der Waals surface area contributed by atoms with E-state index in [-0.39, 0.29) is 5.75 Å². The Balaban J connectivity index is 3.11. The Hall–Kier alpha value is -0.870. The maximum absolute atomic E-state index is 11.9. The van der Waals surface area contributed by atoms with Gasteiger partial charge in [-0.3, -0.25) is 0 Å². The maximum Gasteiger partial charge on any atom is 0.155 e. The van der Waals surface area contributed by atoms with Gasteiger partial charge < -0.3 is 5.11 Å². The second-order valence-electron chi connectivity index (χ2n) is 4.20. The molecule has 0 unspecified atom stereocenters. The predicted molar refractivity (Wildman–Crippen MR) is 69.7 cm³/mol. The third-order valence-corrected chi connectivity index (χ3v) is 5.44. The topological polar surface area (TPSA) is 54.4 Å². The first-order valence-corrected chi connectivity index (χ1v) is 7.60. The molecule has 2 atom stereocenters. The standard InChI is InChI=1S/C13H20O3S/c1-4-12(17(15,16)5-2)13(14)11-9-7-6-8-10(11)3/h6-9,12-14H,4-5H2,1-3H3/t12-,13+/m1/s1. The average molecular weight is 256 g/mol. The van der Waals surface area contributed by atoms with Gasteiger partial charge in [0.15, 0.2) is 9.84 Å². The average Bonchev–Trinajstić information content (AvgIpc) is 2.30. The Morgan fingerprint density at radius 1 is 1.24 bits per heavy atom. The number of aryl methyl sites for hydroxylation is 1. The molecule has 0 aliphatic carbocycles. The number of sulfone groups is 1. The lowest BCUT2D eigenvalue weighted by molar-refractivity contribution is 0.168. The third-order valence-electron chi connectivity index (χ3n) is 3.13. The molecule has 0 aliphatic heterocycles. The van der Waals surface area contributed by atoms with Crippen LogP contribution in [0, 0.1) is 6.92 Å². The number of aliphatic hydroxyl groups is 1. The van der Waals surface area contributed by atoms with E-state index < -0.39 is 21.2 Å². The minimum Gasteiger partial charge on any atom is -0.387 e. The Labute approximate surface area is 103 Å². The number of hydrogen-bond acceptors (Lipinski definition) is 3. The molecule has 0 aliphatic rings. The summed E-state index contributed by atoms with van der Waals surface area (Å²) < 4.78 is 23.8. The molecular formula is C13H20O3S. The summed E-state index contributed by atoms with van der Waals surface area (Å²) in [5.74, 6) is 0.0639. The highest BCUT2D eigenvalue weighted by molar-refractivity contribution is 7.92. The molecule has 96 valence electrons. The van der Waals surface area contributed by atoms with Gasteiger partial charge in [0.1, 0.15) is 0 Å². The van der Waals surface area contributed by atoms with Gasteiger partial charge >= 0.3 is 0 Å². The van der Waals surface area contributed by atoms with E-state index in [9.17, 15) is 13.5 Å².